The summed E-state index contributed by atoms with van der Waals surface area (Å²) in [6.07, 6.45) is -4.36. The molecule has 0 saturated carbocycles. The Kier molecular flexibility index (Phi) is 3.11. The van der Waals surface area contributed by atoms with Gasteiger partial charge in [0.2, 0.25) is 0 Å². The highest BCUT2D eigenvalue weighted by atomic mass is 127. The first-order valence-electron chi connectivity index (χ1n) is 3.14. The van der Waals surface area contributed by atoms with Gasteiger partial charge in [0.1, 0.15) is 0 Å². The fraction of sp³-hybridized carbons (Fsp3) is 0.143. The number of halogens is 5. The van der Waals surface area contributed by atoms with Crippen LogP contribution in [0.3, 0.4) is 0 Å². The average molecular weight is 366 g/mol. The molecule has 0 saturated heterocycles. The Morgan fingerprint density at radius 3 is 2.31 bits per heavy atom. The Bertz CT molecular complexity index is 337. The second-order valence-corrected chi connectivity index (χ2v) is 4.28. The van der Waals surface area contributed by atoms with E-state index in [0.717, 1.165) is 6.07 Å². The van der Waals surface area contributed by atoms with Gasteiger partial charge in [-0.1, -0.05) is 0 Å². The molecule has 0 atom stereocenters. The van der Waals surface area contributed by atoms with E-state index in [-0.39, 0.29) is 10.2 Å². The van der Waals surface area contributed by atoms with Crippen LogP contribution in [-0.2, 0) is 6.18 Å². The van der Waals surface area contributed by atoms with Gasteiger partial charge in [-0.3, -0.25) is 0 Å². The highest BCUT2D eigenvalue weighted by Crippen LogP contribution is 2.38. The highest BCUT2D eigenvalue weighted by Gasteiger charge is 2.33. The molecular formula is C7H4BrF3IN. The summed E-state index contributed by atoms with van der Waals surface area (Å²) in [6.45, 7) is 0. The lowest BCUT2D eigenvalue weighted by atomic mass is 10.2. The molecule has 0 heterocycles. The van der Waals surface area contributed by atoms with Crippen molar-refractivity contribution in [2.24, 2.45) is 0 Å². The summed E-state index contributed by atoms with van der Waals surface area (Å²) in [5, 5.41) is 0. The number of nitrogens with two attached hydrogens (primary N) is 1. The van der Waals surface area contributed by atoms with E-state index in [1.54, 1.807) is 0 Å². The molecule has 0 unspecified atom stereocenters. The van der Waals surface area contributed by atoms with Crippen LogP contribution in [0.5, 0.6) is 0 Å². The summed E-state index contributed by atoms with van der Waals surface area (Å²) >= 11 is 4.69. The van der Waals surface area contributed by atoms with Crippen LogP contribution in [0.1, 0.15) is 5.56 Å². The third-order valence-electron chi connectivity index (χ3n) is 1.43. The molecule has 2 N–H and O–H groups in total. The van der Waals surface area contributed by atoms with Crippen molar-refractivity contribution in [3.8, 4) is 0 Å². The molecule has 72 valence electrons. The number of hydrogen-bond acceptors (Lipinski definition) is 1. The quantitative estimate of drug-likeness (QED) is 0.551. The topological polar surface area (TPSA) is 26.0 Å². The summed E-state index contributed by atoms with van der Waals surface area (Å²) in [6, 6.07) is 2.34. The zero-order chi connectivity index (χ0) is 10.2. The molecule has 1 rings (SSSR count). The van der Waals surface area contributed by atoms with Gasteiger partial charge in [0.25, 0.3) is 0 Å². The van der Waals surface area contributed by atoms with Crippen LogP contribution in [0.4, 0.5) is 18.9 Å². The van der Waals surface area contributed by atoms with Crippen molar-refractivity contribution < 1.29 is 13.2 Å². The molecule has 1 aromatic carbocycles. The van der Waals surface area contributed by atoms with Gasteiger partial charge >= 0.3 is 6.18 Å². The minimum absolute atomic E-state index is 0.0908. The van der Waals surface area contributed by atoms with Gasteiger partial charge in [-0.2, -0.15) is 13.2 Å². The van der Waals surface area contributed by atoms with E-state index in [0.29, 0.717) is 3.57 Å². The van der Waals surface area contributed by atoms with Gasteiger partial charge in [-0.05, 0) is 50.7 Å². The smallest absolute Gasteiger partial charge is 0.397 e. The maximum atomic E-state index is 12.3. The maximum Gasteiger partial charge on any atom is 0.417 e. The number of rotatable bonds is 0. The maximum absolute atomic E-state index is 12.3. The predicted octanol–water partition coefficient (Wildman–Crippen LogP) is 3.65. The zero-order valence-corrected chi connectivity index (χ0v) is 9.87. The normalized spacial score (nSPS) is 11.8. The standard InChI is InChI=1S/C7H4BrF3IN/c8-5-3(7(9,10)11)1-2-4(12)6(5)13/h1-2H,13H2. The Morgan fingerprint density at radius 1 is 1.31 bits per heavy atom. The third kappa shape index (κ3) is 2.28. The molecule has 0 aromatic heterocycles. The minimum Gasteiger partial charge on any atom is -0.397 e. The molecule has 6 heteroatoms. The average Bonchev–Trinajstić information content (AvgIpc) is 1.98. The lowest BCUT2D eigenvalue weighted by Crippen LogP contribution is -2.08. The van der Waals surface area contributed by atoms with Crippen molar-refractivity contribution in [3.05, 3.63) is 25.7 Å². The molecule has 0 bridgehead atoms. The fourth-order valence-electron chi connectivity index (χ4n) is 0.788. The molecule has 0 radical (unpaired) electrons. The first-order chi connectivity index (χ1) is 5.84. The zero-order valence-electron chi connectivity index (χ0n) is 6.12. The number of alkyl halides is 3. The second kappa shape index (κ2) is 3.64. The number of hydrogen-bond donors (Lipinski definition) is 1. The van der Waals surface area contributed by atoms with E-state index in [2.05, 4.69) is 15.9 Å². The molecule has 0 amide bonds. The van der Waals surface area contributed by atoms with Gasteiger partial charge in [-0.25, -0.2) is 0 Å². The van der Waals surface area contributed by atoms with Crippen LogP contribution >= 0.6 is 38.5 Å². The van der Waals surface area contributed by atoms with Crippen LogP contribution < -0.4 is 5.73 Å². The molecule has 0 spiro atoms. The van der Waals surface area contributed by atoms with Crippen LogP contribution in [0, 0.1) is 3.57 Å². The van der Waals surface area contributed by atoms with Crippen LogP contribution in [0.2, 0.25) is 0 Å². The van der Waals surface area contributed by atoms with Gasteiger partial charge in [0, 0.05) is 3.57 Å². The van der Waals surface area contributed by atoms with Crippen molar-refractivity contribution in [1.29, 1.82) is 0 Å². The Hall–Kier alpha value is 0.0200. The lowest BCUT2D eigenvalue weighted by Gasteiger charge is -2.11. The van der Waals surface area contributed by atoms with E-state index >= 15 is 0 Å². The van der Waals surface area contributed by atoms with E-state index in [4.69, 9.17) is 5.73 Å². The molecule has 0 aliphatic heterocycles. The van der Waals surface area contributed by atoms with Gasteiger partial charge in [0.15, 0.2) is 0 Å². The first kappa shape index (κ1) is 11.1. The van der Waals surface area contributed by atoms with Crippen molar-refractivity contribution in [2.45, 2.75) is 6.18 Å². The summed E-state index contributed by atoms with van der Waals surface area (Å²) in [5.74, 6) is 0. The third-order valence-corrected chi connectivity index (χ3v) is 3.23. The molecule has 1 aromatic rings. The highest BCUT2D eigenvalue weighted by molar-refractivity contribution is 14.1. The van der Waals surface area contributed by atoms with Crippen LogP contribution in [0.25, 0.3) is 0 Å². The molecule has 0 aliphatic rings. The van der Waals surface area contributed by atoms with Gasteiger partial charge in [-0.15, -0.1) is 0 Å². The largest absolute Gasteiger partial charge is 0.417 e. The number of nitrogen functional groups attached to an aromatic ring is 1. The summed E-state index contributed by atoms with van der Waals surface area (Å²) in [5.41, 5.74) is 4.80. The number of benzene rings is 1. The summed E-state index contributed by atoms with van der Waals surface area (Å²) < 4.78 is 37.3. The molecule has 0 aliphatic carbocycles. The molecular weight excluding hydrogens is 362 g/mol. The lowest BCUT2D eigenvalue weighted by molar-refractivity contribution is -0.138. The van der Waals surface area contributed by atoms with Gasteiger partial charge < -0.3 is 5.73 Å². The van der Waals surface area contributed by atoms with Crippen molar-refractivity contribution >= 4 is 44.2 Å². The van der Waals surface area contributed by atoms with E-state index in [1.807, 2.05) is 22.6 Å². The fourth-order valence-corrected chi connectivity index (χ4v) is 2.18. The first-order valence-corrected chi connectivity index (χ1v) is 5.02. The van der Waals surface area contributed by atoms with Crippen molar-refractivity contribution in [1.82, 2.24) is 0 Å². The van der Waals surface area contributed by atoms with Gasteiger partial charge in [0.05, 0.1) is 15.7 Å². The van der Waals surface area contributed by atoms with E-state index < -0.39 is 11.7 Å². The van der Waals surface area contributed by atoms with Crippen molar-refractivity contribution in [2.75, 3.05) is 5.73 Å². The Balaban J connectivity index is 3.35. The molecule has 0 fully saturated rings. The predicted molar refractivity (Wildman–Crippen MR) is 56.3 cm³/mol. The summed E-state index contributed by atoms with van der Waals surface area (Å²) in [7, 11) is 0. The van der Waals surface area contributed by atoms with Crippen molar-refractivity contribution in [3.63, 3.8) is 0 Å². The number of anilines is 1. The molecule has 13 heavy (non-hydrogen) atoms. The van der Waals surface area contributed by atoms with E-state index in [1.165, 1.54) is 6.07 Å². The minimum atomic E-state index is -4.36. The van der Waals surface area contributed by atoms with E-state index in [9.17, 15) is 13.2 Å². The second-order valence-electron chi connectivity index (χ2n) is 2.32. The van der Waals surface area contributed by atoms with Crippen LogP contribution in [-0.4, -0.2) is 0 Å². The monoisotopic (exact) mass is 365 g/mol. The SMILES string of the molecule is Nc1c(I)ccc(C(F)(F)F)c1Br. The summed E-state index contributed by atoms with van der Waals surface area (Å²) in [4.78, 5) is 0. The Labute approximate surface area is 94.8 Å². The van der Waals surface area contributed by atoms with Crippen LogP contribution in [0.15, 0.2) is 16.6 Å². The molecule has 1 nitrogen and oxygen atoms in total. The Morgan fingerprint density at radius 2 is 1.85 bits per heavy atom.